The van der Waals surface area contributed by atoms with Gasteiger partial charge in [-0.05, 0) is 12.1 Å². The average Bonchev–Trinajstić information content (AvgIpc) is 2.86. The number of fused-ring (bicyclic) bond motifs is 1. The second-order valence-corrected chi connectivity index (χ2v) is 3.28. The normalized spacial score (nSPS) is 10.9. The van der Waals surface area contributed by atoms with Crippen molar-refractivity contribution in [3.8, 4) is 0 Å². The molecule has 1 N–H and O–H groups in total. The van der Waals surface area contributed by atoms with E-state index in [1.807, 2.05) is 23.0 Å². The first-order valence-electron chi connectivity index (χ1n) is 4.68. The number of aromatic amines is 1. The van der Waals surface area contributed by atoms with E-state index in [4.69, 9.17) is 0 Å². The van der Waals surface area contributed by atoms with Crippen LogP contribution in [-0.2, 0) is 6.54 Å². The van der Waals surface area contributed by atoms with Crippen molar-refractivity contribution in [3.63, 3.8) is 0 Å². The quantitative estimate of drug-likeness (QED) is 0.674. The summed E-state index contributed by atoms with van der Waals surface area (Å²) in [6.07, 6.45) is 7.17. The lowest BCUT2D eigenvalue weighted by atomic mass is 10.4. The Balaban J connectivity index is 1.98. The molecule has 0 aromatic carbocycles. The van der Waals surface area contributed by atoms with Gasteiger partial charge in [0.05, 0.1) is 23.8 Å². The van der Waals surface area contributed by atoms with Gasteiger partial charge in [-0.15, -0.1) is 0 Å². The summed E-state index contributed by atoms with van der Waals surface area (Å²) in [6.45, 7) is 0.654. The van der Waals surface area contributed by atoms with Crippen molar-refractivity contribution >= 4 is 11.0 Å². The maximum absolute atomic E-state index is 4.43. The maximum Gasteiger partial charge on any atom is 0.129 e. The predicted octanol–water partition coefficient (Wildman–Crippen LogP) is 1.20. The molecule has 0 bridgehead atoms. The van der Waals surface area contributed by atoms with E-state index in [0.29, 0.717) is 6.54 Å². The average molecular weight is 199 g/mol. The van der Waals surface area contributed by atoms with Gasteiger partial charge in [0.25, 0.3) is 0 Å². The number of pyridine rings is 1. The van der Waals surface area contributed by atoms with Gasteiger partial charge < -0.3 is 4.98 Å². The van der Waals surface area contributed by atoms with Gasteiger partial charge in [0.2, 0.25) is 0 Å². The zero-order valence-electron chi connectivity index (χ0n) is 7.96. The summed E-state index contributed by atoms with van der Waals surface area (Å²) >= 11 is 0. The second kappa shape index (κ2) is 3.20. The van der Waals surface area contributed by atoms with Crippen LogP contribution in [0, 0.1) is 0 Å². The Labute approximate surface area is 85.8 Å². The Morgan fingerprint density at radius 2 is 2.33 bits per heavy atom. The molecule has 0 aliphatic rings. The van der Waals surface area contributed by atoms with Crippen molar-refractivity contribution < 1.29 is 0 Å². The fourth-order valence-electron chi connectivity index (χ4n) is 1.53. The highest BCUT2D eigenvalue weighted by molar-refractivity contribution is 5.73. The van der Waals surface area contributed by atoms with Crippen LogP contribution in [0.5, 0.6) is 0 Å². The number of hydrogen-bond donors (Lipinski definition) is 1. The van der Waals surface area contributed by atoms with Crippen LogP contribution in [0.3, 0.4) is 0 Å². The number of nitrogens with zero attached hydrogens (tertiary/aromatic N) is 4. The SMILES string of the molecule is c1cnn(Cc2nc3ccncc3[nH]2)c1. The molecule has 0 saturated carbocycles. The monoisotopic (exact) mass is 199 g/mol. The number of rotatable bonds is 2. The molecule has 0 saturated heterocycles. The largest absolute Gasteiger partial charge is 0.339 e. The van der Waals surface area contributed by atoms with Gasteiger partial charge in [-0.25, -0.2) is 4.98 Å². The molecule has 0 fully saturated rings. The summed E-state index contributed by atoms with van der Waals surface area (Å²) in [6, 6.07) is 3.78. The minimum Gasteiger partial charge on any atom is -0.339 e. The van der Waals surface area contributed by atoms with Crippen molar-refractivity contribution in [1.82, 2.24) is 24.7 Å². The molecule has 0 amide bonds. The third-order valence-corrected chi connectivity index (χ3v) is 2.20. The van der Waals surface area contributed by atoms with Crippen molar-refractivity contribution in [1.29, 1.82) is 0 Å². The van der Waals surface area contributed by atoms with Crippen molar-refractivity contribution in [2.24, 2.45) is 0 Å². The van der Waals surface area contributed by atoms with E-state index in [0.717, 1.165) is 16.9 Å². The Bertz CT molecular complexity index is 533. The van der Waals surface area contributed by atoms with Gasteiger partial charge in [0.15, 0.2) is 0 Å². The molecular formula is C10H9N5. The van der Waals surface area contributed by atoms with E-state index in [1.54, 1.807) is 18.6 Å². The molecule has 74 valence electrons. The van der Waals surface area contributed by atoms with E-state index in [-0.39, 0.29) is 0 Å². The molecule has 0 aliphatic carbocycles. The van der Waals surface area contributed by atoms with Crippen LogP contribution in [0.1, 0.15) is 5.82 Å². The molecule has 3 aromatic rings. The molecule has 0 spiro atoms. The van der Waals surface area contributed by atoms with Gasteiger partial charge in [-0.2, -0.15) is 5.10 Å². The van der Waals surface area contributed by atoms with Crippen LogP contribution in [0.25, 0.3) is 11.0 Å². The predicted molar refractivity (Wildman–Crippen MR) is 55.2 cm³/mol. The van der Waals surface area contributed by atoms with E-state index in [2.05, 4.69) is 20.1 Å². The van der Waals surface area contributed by atoms with Gasteiger partial charge in [0.1, 0.15) is 5.82 Å². The van der Waals surface area contributed by atoms with Gasteiger partial charge in [-0.1, -0.05) is 0 Å². The van der Waals surface area contributed by atoms with Crippen molar-refractivity contribution in [2.45, 2.75) is 6.54 Å². The van der Waals surface area contributed by atoms with Crippen LogP contribution in [0.2, 0.25) is 0 Å². The summed E-state index contributed by atoms with van der Waals surface area (Å²) in [7, 11) is 0. The lowest BCUT2D eigenvalue weighted by molar-refractivity contribution is 0.663. The number of hydrogen-bond acceptors (Lipinski definition) is 3. The Morgan fingerprint density at radius 3 is 3.13 bits per heavy atom. The highest BCUT2D eigenvalue weighted by Gasteiger charge is 2.02. The van der Waals surface area contributed by atoms with Crippen LogP contribution < -0.4 is 0 Å². The highest BCUT2D eigenvalue weighted by Crippen LogP contribution is 2.09. The topological polar surface area (TPSA) is 59.4 Å². The van der Waals surface area contributed by atoms with Crippen LogP contribution in [-0.4, -0.2) is 24.7 Å². The number of nitrogens with one attached hydrogen (secondary N) is 1. The third-order valence-electron chi connectivity index (χ3n) is 2.20. The molecule has 15 heavy (non-hydrogen) atoms. The standard InChI is InChI=1S/C10H9N5/c1-3-12-15(5-1)7-10-13-8-2-4-11-6-9(8)14-10/h1-6H,7H2,(H,13,14). The Morgan fingerprint density at radius 1 is 1.33 bits per heavy atom. The minimum absolute atomic E-state index is 0.654. The molecule has 0 atom stereocenters. The van der Waals surface area contributed by atoms with Gasteiger partial charge in [-0.3, -0.25) is 9.67 Å². The number of H-pyrrole nitrogens is 1. The highest BCUT2D eigenvalue weighted by atomic mass is 15.3. The lowest BCUT2D eigenvalue weighted by Gasteiger charge is -1.95. The molecule has 0 aliphatic heterocycles. The van der Waals surface area contributed by atoms with Gasteiger partial charge in [0, 0.05) is 18.6 Å². The van der Waals surface area contributed by atoms with Crippen LogP contribution in [0.4, 0.5) is 0 Å². The van der Waals surface area contributed by atoms with Crippen LogP contribution in [0.15, 0.2) is 36.9 Å². The second-order valence-electron chi connectivity index (χ2n) is 3.28. The summed E-state index contributed by atoms with van der Waals surface area (Å²) < 4.78 is 1.82. The summed E-state index contributed by atoms with van der Waals surface area (Å²) in [4.78, 5) is 11.7. The molecular weight excluding hydrogens is 190 g/mol. The smallest absolute Gasteiger partial charge is 0.129 e. The Hall–Kier alpha value is -2.17. The fourth-order valence-corrected chi connectivity index (χ4v) is 1.53. The fraction of sp³-hybridized carbons (Fsp3) is 0.100. The lowest BCUT2D eigenvalue weighted by Crippen LogP contribution is -2.01. The number of imidazole rings is 1. The van der Waals surface area contributed by atoms with E-state index < -0.39 is 0 Å². The first kappa shape index (κ1) is 8.16. The summed E-state index contributed by atoms with van der Waals surface area (Å²) in [5, 5.41) is 4.12. The molecule has 3 heterocycles. The molecule has 0 radical (unpaired) electrons. The molecule has 5 heteroatoms. The van der Waals surface area contributed by atoms with E-state index >= 15 is 0 Å². The third kappa shape index (κ3) is 1.48. The zero-order chi connectivity index (χ0) is 10.1. The van der Waals surface area contributed by atoms with E-state index in [9.17, 15) is 0 Å². The first-order valence-corrected chi connectivity index (χ1v) is 4.68. The molecule has 5 nitrogen and oxygen atoms in total. The number of aromatic nitrogens is 5. The maximum atomic E-state index is 4.43. The summed E-state index contributed by atoms with van der Waals surface area (Å²) in [5.74, 6) is 0.890. The van der Waals surface area contributed by atoms with Crippen molar-refractivity contribution in [2.75, 3.05) is 0 Å². The van der Waals surface area contributed by atoms with E-state index in [1.165, 1.54) is 0 Å². The zero-order valence-corrected chi connectivity index (χ0v) is 7.96. The first-order chi connectivity index (χ1) is 7.42. The summed E-state index contributed by atoms with van der Waals surface area (Å²) in [5.41, 5.74) is 1.90. The van der Waals surface area contributed by atoms with Crippen molar-refractivity contribution in [3.05, 3.63) is 42.7 Å². The Kier molecular flexibility index (Phi) is 1.74. The van der Waals surface area contributed by atoms with Crippen LogP contribution >= 0.6 is 0 Å². The molecule has 0 unspecified atom stereocenters. The van der Waals surface area contributed by atoms with Gasteiger partial charge >= 0.3 is 0 Å². The minimum atomic E-state index is 0.654. The molecule has 3 aromatic heterocycles. The molecule has 3 rings (SSSR count).